The van der Waals surface area contributed by atoms with Gasteiger partial charge in [-0.2, -0.15) is 5.10 Å². The summed E-state index contributed by atoms with van der Waals surface area (Å²) in [6.07, 6.45) is 0. The van der Waals surface area contributed by atoms with Crippen molar-refractivity contribution in [2.45, 2.75) is 6.92 Å². The number of nitrogens with zero attached hydrogens (tertiary/aromatic N) is 2. The number of hydrazone groups is 1. The lowest BCUT2D eigenvalue weighted by Crippen LogP contribution is -2.20. The Morgan fingerprint density at radius 2 is 1.77 bits per heavy atom. The highest BCUT2D eigenvalue weighted by molar-refractivity contribution is 9.10. The molecule has 0 unspecified atom stereocenters. The van der Waals surface area contributed by atoms with Crippen molar-refractivity contribution in [3.8, 4) is 22.8 Å². The monoisotopic (exact) mass is 475 g/mol. The highest BCUT2D eigenvalue weighted by atomic mass is 79.9. The Hall–Kier alpha value is -3.71. The van der Waals surface area contributed by atoms with E-state index in [1.807, 2.05) is 48.5 Å². The molecule has 1 aromatic heterocycles. The topological polar surface area (TPSA) is 94.8 Å². The van der Waals surface area contributed by atoms with Gasteiger partial charge in [0.05, 0.1) is 22.5 Å². The molecular formula is C24H18BrN3O3. The van der Waals surface area contributed by atoms with Crippen LogP contribution in [0.15, 0.2) is 82.4 Å². The van der Waals surface area contributed by atoms with Crippen LogP contribution in [0.1, 0.15) is 22.8 Å². The van der Waals surface area contributed by atoms with Gasteiger partial charge < -0.3 is 10.2 Å². The summed E-state index contributed by atoms with van der Waals surface area (Å²) in [5.74, 6) is -0.457. The molecule has 0 saturated carbocycles. The van der Waals surface area contributed by atoms with Crippen molar-refractivity contribution in [2.75, 3.05) is 0 Å². The van der Waals surface area contributed by atoms with Crippen LogP contribution >= 0.6 is 15.9 Å². The van der Waals surface area contributed by atoms with Crippen molar-refractivity contribution < 1.29 is 15.0 Å². The first-order valence-corrected chi connectivity index (χ1v) is 10.2. The predicted octanol–water partition coefficient (Wildman–Crippen LogP) is 5.23. The van der Waals surface area contributed by atoms with Gasteiger partial charge >= 0.3 is 0 Å². The highest BCUT2D eigenvalue weighted by Gasteiger charge is 2.14. The summed E-state index contributed by atoms with van der Waals surface area (Å²) in [4.78, 5) is 17.7. The molecule has 4 aromatic rings. The molecule has 1 amide bonds. The van der Waals surface area contributed by atoms with E-state index in [0.29, 0.717) is 33.4 Å². The number of benzene rings is 3. The molecule has 4 rings (SSSR count). The molecule has 0 atom stereocenters. The van der Waals surface area contributed by atoms with Crippen LogP contribution in [0.5, 0.6) is 11.5 Å². The van der Waals surface area contributed by atoms with Crippen LogP contribution in [0.3, 0.4) is 0 Å². The molecule has 0 radical (unpaired) electrons. The second kappa shape index (κ2) is 8.57. The third-order valence-electron chi connectivity index (χ3n) is 4.78. The molecule has 0 aliphatic carbocycles. The molecule has 0 saturated heterocycles. The number of aromatic hydroxyl groups is 2. The Morgan fingerprint density at radius 3 is 2.58 bits per heavy atom. The number of halogens is 1. The van der Waals surface area contributed by atoms with Gasteiger partial charge in [-0.1, -0.05) is 46.3 Å². The van der Waals surface area contributed by atoms with Crippen molar-refractivity contribution in [1.29, 1.82) is 0 Å². The van der Waals surface area contributed by atoms with E-state index in [0.717, 1.165) is 10.0 Å². The summed E-state index contributed by atoms with van der Waals surface area (Å²) >= 11 is 3.47. The van der Waals surface area contributed by atoms with Crippen molar-refractivity contribution in [1.82, 2.24) is 10.4 Å². The summed E-state index contributed by atoms with van der Waals surface area (Å²) in [6.45, 7) is 1.63. The number of fused-ring (bicyclic) bond motifs is 1. The Bertz CT molecular complexity index is 1330. The molecule has 1 heterocycles. The maximum Gasteiger partial charge on any atom is 0.272 e. The number of aromatic nitrogens is 1. The molecule has 0 aliphatic rings. The number of phenols is 2. The lowest BCUT2D eigenvalue weighted by atomic mass is 10.0. The fourth-order valence-electron chi connectivity index (χ4n) is 3.23. The predicted molar refractivity (Wildman–Crippen MR) is 124 cm³/mol. The molecule has 0 bridgehead atoms. The third-order valence-corrected chi connectivity index (χ3v) is 5.27. The number of hydrogen-bond donors (Lipinski definition) is 3. The van der Waals surface area contributed by atoms with Gasteiger partial charge in [0.1, 0.15) is 11.5 Å². The van der Waals surface area contributed by atoms with E-state index in [2.05, 4.69) is 26.5 Å². The standard InChI is InChI=1S/C24H18BrN3O3/c1-14(19-12-17(29)9-10-23(19)30)27-28-24(31)20-13-22(15-5-4-6-16(25)11-15)26-21-8-3-2-7-18(20)21/h2-13,29-30H,1H3,(H,28,31)/b27-14-. The van der Waals surface area contributed by atoms with Crippen molar-refractivity contribution in [2.24, 2.45) is 5.10 Å². The van der Waals surface area contributed by atoms with E-state index in [4.69, 9.17) is 4.98 Å². The average molecular weight is 476 g/mol. The van der Waals surface area contributed by atoms with Crippen LogP contribution in [0, 0.1) is 0 Å². The summed E-state index contributed by atoms with van der Waals surface area (Å²) in [6, 6.07) is 21.0. The van der Waals surface area contributed by atoms with Gasteiger partial charge in [-0.15, -0.1) is 0 Å². The minimum Gasteiger partial charge on any atom is -0.508 e. The largest absolute Gasteiger partial charge is 0.508 e. The quantitative estimate of drug-likeness (QED) is 0.214. The zero-order valence-electron chi connectivity index (χ0n) is 16.5. The smallest absolute Gasteiger partial charge is 0.272 e. The van der Waals surface area contributed by atoms with E-state index in [1.54, 1.807) is 13.0 Å². The van der Waals surface area contributed by atoms with Crippen molar-refractivity contribution in [3.05, 3.63) is 88.4 Å². The summed E-state index contributed by atoms with van der Waals surface area (Å²) in [7, 11) is 0. The fraction of sp³-hybridized carbons (Fsp3) is 0.0417. The Labute approximate surface area is 187 Å². The summed E-state index contributed by atoms with van der Waals surface area (Å²) < 4.78 is 0.914. The second-order valence-electron chi connectivity index (χ2n) is 6.92. The lowest BCUT2D eigenvalue weighted by Gasteiger charge is -2.10. The zero-order valence-corrected chi connectivity index (χ0v) is 18.1. The number of phenolic OH excluding ortho intramolecular Hbond substituents is 2. The van der Waals surface area contributed by atoms with Gasteiger partial charge in [-0.25, -0.2) is 10.4 Å². The van der Waals surface area contributed by atoms with Gasteiger partial charge in [-0.05, 0) is 49.4 Å². The SMILES string of the molecule is C/C(=N/NC(=O)c1cc(-c2cccc(Br)c2)nc2ccccc12)c1cc(O)ccc1O. The average Bonchev–Trinajstić information content (AvgIpc) is 2.78. The molecule has 31 heavy (non-hydrogen) atoms. The van der Waals surface area contributed by atoms with Crippen molar-refractivity contribution >= 4 is 38.5 Å². The highest BCUT2D eigenvalue weighted by Crippen LogP contribution is 2.27. The first kappa shape index (κ1) is 20.6. The molecule has 154 valence electrons. The molecule has 7 heteroatoms. The third kappa shape index (κ3) is 4.41. The van der Waals surface area contributed by atoms with Crippen LogP contribution in [-0.2, 0) is 0 Å². The fourth-order valence-corrected chi connectivity index (χ4v) is 3.63. The first-order chi connectivity index (χ1) is 14.9. The Balaban J connectivity index is 1.72. The van der Waals surface area contributed by atoms with E-state index in [-0.39, 0.29) is 11.5 Å². The van der Waals surface area contributed by atoms with Crippen LogP contribution < -0.4 is 5.43 Å². The number of nitrogens with one attached hydrogen (secondary N) is 1. The van der Waals surface area contributed by atoms with E-state index >= 15 is 0 Å². The number of carbonyl (C=O) groups is 1. The summed E-state index contributed by atoms with van der Waals surface area (Å²) in [5, 5.41) is 24.5. The number of amides is 1. The Kier molecular flexibility index (Phi) is 5.68. The van der Waals surface area contributed by atoms with Gasteiger partial charge in [0, 0.05) is 21.0 Å². The number of hydrogen-bond acceptors (Lipinski definition) is 5. The minimum absolute atomic E-state index is 0.00697. The molecular weight excluding hydrogens is 458 g/mol. The zero-order chi connectivity index (χ0) is 22.0. The van der Waals surface area contributed by atoms with Gasteiger partial charge in [0.2, 0.25) is 0 Å². The maximum atomic E-state index is 13.0. The van der Waals surface area contributed by atoms with Gasteiger partial charge in [-0.3, -0.25) is 4.79 Å². The number of carbonyl (C=O) groups excluding carboxylic acids is 1. The van der Waals surface area contributed by atoms with Gasteiger partial charge in [0.15, 0.2) is 0 Å². The molecule has 0 fully saturated rings. The number of para-hydroxylation sites is 1. The molecule has 0 aliphatic heterocycles. The van der Waals surface area contributed by atoms with E-state index in [9.17, 15) is 15.0 Å². The van der Waals surface area contributed by atoms with Crippen LogP contribution in [-0.4, -0.2) is 26.8 Å². The minimum atomic E-state index is -0.408. The number of rotatable bonds is 4. The molecule has 6 nitrogen and oxygen atoms in total. The van der Waals surface area contributed by atoms with Crippen molar-refractivity contribution in [3.63, 3.8) is 0 Å². The first-order valence-electron chi connectivity index (χ1n) is 9.45. The maximum absolute atomic E-state index is 13.0. The second-order valence-corrected chi connectivity index (χ2v) is 7.84. The lowest BCUT2D eigenvalue weighted by molar-refractivity contribution is 0.0956. The normalized spacial score (nSPS) is 11.5. The van der Waals surface area contributed by atoms with Crippen LogP contribution in [0.4, 0.5) is 0 Å². The van der Waals surface area contributed by atoms with Crippen LogP contribution in [0.25, 0.3) is 22.2 Å². The number of pyridine rings is 1. The molecule has 3 N–H and O–H groups in total. The van der Waals surface area contributed by atoms with E-state index in [1.165, 1.54) is 18.2 Å². The molecule has 0 spiro atoms. The summed E-state index contributed by atoms with van der Waals surface area (Å²) in [5.41, 5.74) is 5.88. The van der Waals surface area contributed by atoms with E-state index < -0.39 is 5.91 Å². The molecule has 3 aromatic carbocycles. The Morgan fingerprint density at radius 1 is 0.968 bits per heavy atom. The van der Waals surface area contributed by atoms with Gasteiger partial charge in [0.25, 0.3) is 5.91 Å². The van der Waals surface area contributed by atoms with Crippen LogP contribution in [0.2, 0.25) is 0 Å².